The summed E-state index contributed by atoms with van der Waals surface area (Å²) in [5.74, 6) is -0.840. The summed E-state index contributed by atoms with van der Waals surface area (Å²) >= 11 is 0. The predicted octanol–water partition coefficient (Wildman–Crippen LogP) is 0.522. The maximum absolute atomic E-state index is 11.7. The van der Waals surface area contributed by atoms with Crippen molar-refractivity contribution in [2.75, 3.05) is 6.54 Å². The maximum Gasteiger partial charge on any atom is 0.353 e. The zero-order valence-electron chi connectivity index (χ0n) is 9.52. The second-order valence-electron chi connectivity index (χ2n) is 4.54. The van der Waals surface area contributed by atoms with E-state index in [2.05, 4.69) is 10.5 Å². The third kappa shape index (κ3) is 2.95. The molecule has 17 heavy (non-hydrogen) atoms. The van der Waals surface area contributed by atoms with E-state index in [1.807, 2.05) is 0 Å². The van der Waals surface area contributed by atoms with Crippen molar-refractivity contribution in [2.24, 2.45) is 11.1 Å². The van der Waals surface area contributed by atoms with Gasteiger partial charge in [0.05, 0.1) is 0 Å². The molecule has 1 fully saturated rings. The highest BCUT2D eigenvalue weighted by atomic mass is 16.6. The van der Waals surface area contributed by atoms with Gasteiger partial charge in [0.25, 0.3) is 5.91 Å². The van der Waals surface area contributed by atoms with Gasteiger partial charge >= 0.3 is 5.97 Å². The van der Waals surface area contributed by atoms with Gasteiger partial charge in [-0.3, -0.25) is 4.79 Å². The quantitative estimate of drug-likeness (QED) is 0.750. The smallest absolute Gasteiger partial charge is 0.353 e. The van der Waals surface area contributed by atoms with Crippen molar-refractivity contribution < 1.29 is 19.5 Å². The number of rotatable bonds is 4. The summed E-state index contributed by atoms with van der Waals surface area (Å²) in [7, 11) is 0. The third-order valence-corrected chi connectivity index (χ3v) is 3.25. The monoisotopic (exact) mass is 240 g/mol. The highest BCUT2D eigenvalue weighted by Gasteiger charge is 2.31. The number of carbonyl (C=O) groups excluding carboxylic acids is 1. The van der Waals surface area contributed by atoms with E-state index in [1.165, 1.54) is 12.8 Å². The molecule has 0 radical (unpaired) electrons. The fourth-order valence-corrected chi connectivity index (χ4v) is 2.22. The molecule has 1 unspecified atom stereocenters. The largest absolute Gasteiger partial charge is 0.477 e. The first kappa shape index (κ1) is 11.9. The van der Waals surface area contributed by atoms with Crippen molar-refractivity contribution in [1.29, 1.82) is 0 Å². The molecule has 0 aromatic rings. The molecule has 6 heteroatoms. The molecule has 94 valence electrons. The standard InChI is InChI=1S/C11H16N2O4/c14-10(12-6-7-3-1-2-4-7)9-5-8(11(15)16)13-17-9/h7,9H,1-6H2,(H,12,14)(H,15,16). The lowest BCUT2D eigenvalue weighted by Gasteiger charge is -2.12. The van der Waals surface area contributed by atoms with Crippen molar-refractivity contribution in [3.63, 3.8) is 0 Å². The van der Waals surface area contributed by atoms with Gasteiger partial charge in [-0.25, -0.2) is 4.79 Å². The van der Waals surface area contributed by atoms with E-state index in [4.69, 9.17) is 9.94 Å². The molecule has 1 aliphatic carbocycles. The number of amides is 1. The number of aliphatic carboxylic acids is 1. The van der Waals surface area contributed by atoms with E-state index in [9.17, 15) is 9.59 Å². The Balaban J connectivity index is 1.72. The van der Waals surface area contributed by atoms with E-state index in [0.29, 0.717) is 12.5 Å². The van der Waals surface area contributed by atoms with Gasteiger partial charge in [-0.2, -0.15) is 0 Å². The van der Waals surface area contributed by atoms with E-state index in [0.717, 1.165) is 12.8 Å². The number of hydrogen-bond acceptors (Lipinski definition) is 4. The Morgan fingerprint density at radius 2 is 2.12 bits per heavy atom. The van der Waals surface area contributed by atoms with Gasteiger partial charge in [0.1, 0.15) is 0 Å². The lowest BCUT2D eigenvalue weighted by atomic mass is 10.1. The highest BCUT2D eigenvalue weighted by Crippen LogP contribution is 2.23. The maximum atomic E-state index is 11.7. The molecule has 1 atom stereocenters. The van der Waals surface area contributed by atoms with Crippen LogP contribution in [0.15, 0.2) is 5.16 Å². The SMILES string of the molecule is O=C(O)C1=NOC(C(=O)NCC2CCCC2)C1. The topological polar surface area (TPSA) is 88.0 Å². The van der Waals surface area contributed by atoms with Gasteiger partial charge < -0.3 is 15.3 Å². The molecular weight excluding hydrogens is 224 g/mol. The Hall–Kier alpha value is -1.59. The number of carboxylic acids is 1. The number of nitrogens with one attached hydrogen (secondary N) is 1. The van der Waals surface area contributed by atoms with Crippen LogP contribution in [0.25, 0.3) is 0 Å². The number of oxime groups is 1. The lowest BCUT2D eigenvalue weighted by molar-refractivity contribution is -0.131. The Kier molecular flexibility index (Phi) is 3.61. The second kappa shape index (κ2) is 5.16. The number of carboxylic acid groups (broad SMARTS) is 1. The van der Waals surface area contributed by atoms with E-state index in [1.54, 1.807) is 0 Å². The first-order chi connectivity index (χ1) is 8.16. The summed E-state index contributed by atoms with van der Waals surface area (Å²) in [6.07, 6.45) is 4.04. The molecule has 0 bridgehead atoms. The Morgan fingerprint density at radius 1 is 1.41 bits per heavy atom. The van der Waals surface area contributed by atoms with Crippen molar-refractivity contribution in [3.8, 4) is 0 Å². The fraction of sp³-hybridized carbons (Fsp3) is 0.727. The molecule has 0 saturated heterocycles. The Labute approximate surface area is 99.0 Å². The van der Waals surface area contributed by atoms with Crippen LogP contribution in [0, 0.1) is 5.92 Å². The fourth-order valence-electron chi connectivity index (χ4n) is 2.22. The minimum Gasteiger partial charge on any atom is -0.477 e. The average molecular weight is 240 g/mol. The van der Waals surface area contributed by atoms with Gasteiger partial charge in [0.15, 0.2) is 5.71 Å². The molecule has 0 aromatic heterocycles. The summed E-state index contributed by atoms with van der Waals surface area (Å²) in [6.45, 7) is 0.654. The summed E-state index contributed by atoms with van der Waals surface area (Å²) < 4.78 is 0. The van der Waals surface area contributed by atoms with Crippen LogP contribution in [-0.4, -0.2) is 35.3 Å². The van der Waals surface area contributed by atoms with Crippen LogP contribution in [0.4, 0.5) is 0 Å². The van der Waals surface area contributed by atoms with E-state index in [-0.39, 0.29) is 18.0 Å². The first-order valence-electron chi connectivity index (χ1n) is 5.90. The van der Waals surface area contributed by atoms with Crippen molar-refractivity contribution in [2.45, 2.75) is 38.2 Å². The molecule has 1 amide bonds. The van der Waals surface area contributed by atoms with Crippen molar-refractivity contribution >= 4 is 17.6 Å². The molecule has 6 nitrogen and oxygen atoms in total. The van der Waals surface area contributed by atoms with Gasteiger partial charge in [0, 0.05) is 13.0 Å². The van der Waals surface area contributed by atoms with E-state index >= 15 is 0 Å². The molecule has 2 N–H and O–H groups in total. The number of hydrogen-bond donors (Lipinski definition) is 2. The van der Waals surface area contributed by atoms with Crippen LogP contribution in [0.5, 0.6) is 0 Å². The van der Waals surface area contributed by atoms with E-state index < -0.39 is 12.1 Å². The highest BCUT2D eigenvalue weighted by molar-refractivity contribution is 6.36. The second-order valence-corrected chi connectivity index (χ2v) is 4.54. The zero-order valence-corrected chi connectivity index (χ0v) is 9.52. The van der Waals surface area contributed by atoms with Crippen LogP contribution in [0.1, 0.15) is 32.1 Å². The molecule has 0 aromatic carbocycles. The van der Waals surface area contributed by atoms with Gasteiger partial charge in [-0.1, -0.05) is 18.0 Å². The summed E-state index contributed by atoms with van der Waals surface area (Å²) in [5, 5.41) is 14.8. The molecule has 1 saturated carbocycles. The normalized spacial score (nSPS) is 24.2. The van der Waals surface area contributed by atoms with Crippen molar-refractivity contribution in [3.05, 3.63) is 0 Å². The predicted molar refractivity (Wildman–Crippen MR) is 59.5 cm³/mol. The van der Waals surface area contributed by atoms with Crippen LogP contribution in [0.3, 0.4) is 0 Å². The Morgan fingerprint density at radius 3 is 2.71 bits per heavy atom. The van der Waals surface area contributed by atoms with Gasteiger partial charge in [0.2, 0.25) is 6.10 Å². The van der Waals surface area contributed by atoms with Crippen LogP contribution in [-0.2, 0) is 14.4 Å². The lowest BCUT2D eigenvalue weighted by Crippen LogP contribution is -2.37. The first-order valence-corrected chi connectivity index (χ1v) is 5.90. The molecule has 0 spiro atoms. The Bertz CT molecular complexity index is 347. The minimum atomic E-state index is -1.13. The summed E-state index contributed by atoms with van der Waals surface area (Å²) in [6, 6.07) is 0. The molecule has 2 aliphatic rings. The van der Waals surface area contributed by atoms with Crippen molar-refractivity contribution in [1.82, 2.24) is 5.32 Å². The summed E-state index contributed by atoms with van der Waals surface area (Å²) in [5.41, 5.74) is -0.0917. The molecule has 2 rings (SSSR count). The molecule has 1 heterocycles. The third-order valence-electron chi connectivity index (χ3n) is 3.25. The molecule has 1 aliphatic heterocycles. The van der Waals surface area contributed by atoms with Crippen LogP contribution < -0.4 is 5.32 Å². The van der Waals surface area contributed by atoms with Crippen LogP contribution in [0.2, 0.25) is 0 Å². The van der Waals surface area contributed by atoms with Gasteiger partial charge in [-0.05, 0) is 18.8 Å². The number of carbonyl (C=O) groups is 2. The van der Waals surface area contributed by atoms with Gasteiger partial charge in [-0.15, -0.1) is 0 Å². The minimum absolute atomic E-state index is 0.0475. The zero-order chi connectivity index (χ0) is 12.3. The van der Waals surface area contributed by atoms with Crippen LogP contribution >= 0.6 is 0 Å². The average Bonchev–Trinajstić information content (AvgIpc) is 2.96. The summed E-state index contributed by atoms with van der Waals surface area (Å²) in [4.78, 5) is 27.1. The number of nitrogens with zero attached hydrogens (tertiary/aromatic N) is 1. The molecular formula is C11H16N2O4.